The molecule has 1 saturated heterocycles. The molecule has 4 rings (SSSR count). The van der Waals surface area contributed by atoms with Crippen LogP contribution in [0, 0.1) is 16.7 Å². The fourth-order valence-electron chi connectivity index (χ4n) is 4.79. The predicted octanol–water partition coefficient (Wildman–Crippen LogP) is 3.53. The average Bonchev–Trinajstić information content (AvgIpc) is 2.91. The minimum atomic E-state index is -3.82. The Hall–Kier alpha value is -0.100. The molecule has 0 N–H and O–H groups in total. The molecule has 1 nitrogen and oxygen atoms in total. The molecule has 1 aliphatic heterocycles. The molecule has 3 heteroatoms. The van der Waals surface area contributed by atoms with Gasteiger partial charge in [0.2, 0.25) is 0 Å². The van der Waals surface area contributed by atoms with E-state index in [4.69, 9.17) is 3.10 Å². The second kappa shape index (κ2) is 3.75. The first-order chi connectivity index (χ1) is 8.98. The number of benzene rings is 1. The molecule has 2 bridgehead atoms. The van der Waals surface area contributed by atoms with E-state index in [1.807, 2.05) is 30.3 Å². The maximum atomic E-state index is 15.5. The van der Waals surface area contributed by atoms with E-state index in [1.165, 1.54) is 12.8 Å². The van der Waals surface area contributed by atoms with Gasteiger partial charge in [-0.05, 0) is 0 Å². The van der Waals surface area contributed by atoms with Crippen LogP contribution >= 0.6 is 0 Å². The van der Waals surface area contributed by atoms with Crippen LogP contribution in [0.1, 0.15) is 33.1 Å². The molecule has 1 aromatic carbocycles. The van der Waals surface area contributed by atoms with Crippen molar-refractivity contribution in [3.8, 4) is 0 Å². The molecule has 4 unspecified atom stereocenters. The predicted molar refractivity (Wildman–Crippen MR) is 76.2 cm³/mol. The Kier molecular flexibility index (Phi) is 2.49. The van der Waals surface area contributed by atoms with Crippen LogP contribution in [0.4, 0.5) is 2.89 Å². The summed E-state index contributed by atoms with van der Waals surface area (Å²) in [6, 6.07) is 9.73. The van der Waals surface area contributed by atoms with Gasteiger partial charge in [-0.25, -0.2) is 0 Å². The molecule has 3 fully saturated rings. The third kappa shape index (κ3) is 1.45. The van der Waals surface area contributed by atoms with Crippen LogP contribution in [0.15, 0.2) is 30.3 Å². The van der Waals surface area contributed by atoms with Crippen LogP contribution in [0.5, 0.6) is 0 Å². The van der Waals surface area contributed by atoms with Crippen LogP contribution in [-0.2, 0) is 3.10 Å². The van der Waals surface area contributed by atoms with Gasteiger partial charge < -0.3 is 0 Å². The molecule has 0 aromatic heterocycles. The van der Waals surface area contributed by atoms with Crippen LogP contribution in [0.2, 0.25) is 4.47 Å². The van der Waals surface area contributed by atoms with Crippen molar-refractivity contribution in [2.45, 2.75) is 43.7 Å². The number of fused-ring (bicyclic) bond motifs is 1. The summed E-state index contributed by atoms with van der Waals surface area (Å²) in [6.07, 6.45) is 3.75. The van der Waals surface area contributed by atoms with Crippen molar-refractivity contribution in [3.05, 3.63) is 30.3 Å². The van der Waals surface area contributed by atoms with Crippen molar-refractivity contribution in [1.29, 1.82) is 0 Å². The van der Waals surface area contributed by atoms with Gasteiger partial charge in [0, 0.05) is 0 Å². The van der Waals surface area contributed by atoms with Crippen molar-refractivity contribution in [3.63, 3.8) is 0 Å². The Morgan fingerprint density at radius 2 is 2.00 bits per heavy atom. The fourth-order valence-corrected chi connectivity index (χ4v) is 13.1. The number of hydrogen-bond donors (Lipinski definition) is 0. The van der Waals surface area contributed by atoms with Gasteiger partial charge in [-0.3, -0.25) is 0 Å². The molecule has 3 aliphatic rings. The zero-order valence-electron chi connectivity index (χ0n) is 11.6. The fraction of sp³-hybridized carbons (Fsp3) is 0.625. The SMILES string of the molecule is CC1(C)C2CCC13C[Te](F)(c1ccccc1)OC3C2. The molecule has 1 spiro atoms. The summed E-state index contributed by atoms with van der Waals surface area (Å²) in [7, 11) is 0. The molecule has 2 aliphatic carbocycles. The third-order valence-electron chi connectivity index (χ3n) is 6.16. The molecule has 0 amide bonds. The summed E-state index contributed by atoms with van der Waals surface area (Å²) in [5.74, 6) is 0.751. The van der Waals surface area contributed by atoms with E-state index >= 15 is 2.89 Å². The summed E-state index contributed by atoms with van der Waals surface area (Å²) in [6.45, 7) is 4.71. The van der Waals surface area contributed by atoms with Gasteiger partial charge in [-0.2, -0.15) is 0 Å². The van der Waals surface area contributed by atoms with Gasteiger partial charge in [-0.15, -0.1) is 0 Å². The number of rotatable bonds is 1. The van der Waals surface area contributed by atoms with Crippen LogP contribution in [0.25, 0.3) is 0 Å². The number of halogens is 1. The molecular formula is C16H21FOTe. The van der Waals surface area contributed by atoms with Gasteiger partial charge in [0.1, 0.15) is 0 Å². The molecule has 0 radical (unpaired) electrons. The van der Waals surface area contributed by atoms with Crippen LogP contribution < -0.4 is 3.61 Å². The number of hydrogen-bond acceptors (Lipinski definition) is 1. The Morgan fingerprint density at radius 3 is 2.63 bits per heavy atom. The standard InChI is InChI=1S/C16H21FOTe/c1-15(2)12-8-9-16(15)11-19(17,18-14(16)10-12)13-6-4-3-5-7-13/h3-7,12,14H,8-11H2,1-2H3. The Balaban J connectivity index is 1.75. The zero-order valence-corrected chi connectivity index (χ0v) is 13.9. The monoisotopic (exact) mass is 378 g/mol. The van der Waals surface area contributed by atoms with Gasteiger partial charge in [0.15, 0.2) is 0 Å². The van der Waals surface area contributed by atoms with Crippen molar-refractivity contribution in [1.82, 2.24) is 0 Å². The first-order valence-corrected chi connectivity index (χ1v) is 11.9. The van der Waals surface area contributed by atoms with E-state index in [-0.39, 0.29) is 16.9 Å². The summed E-state index contributed by atoms with van der Waals surface area (Å²) in [5.41, 5.74) is 0.412. The molecule has 4 atom stereocenters. The second-order valence-electron chi connectivity index (χ2n) is 6.99. The first-order valence-electron chi connectivity index (χ1n) is 7.22. The van der Waals surface area contributed by atoms with Crippen molar-refractivity contribution in [2.24, 2.45) is 16.7 Å². The molecular weight excluding hydrogens is 355 g/mol. The van der Waals surface area contributed by atoms with E-state index in [9.17, 15) is 0 Å². The topological polar surface area (TPSA) is 9.23 Å². The summed E-state index contributed by atoms with van der Waals surface area (Å²) >= 11 is -3.82. The average molecular weight is 376 g/mol. The van der Waals surface area contributed by atoms with E-state index in [0.29, 0.717) is 0 Å². The molecule has 104 valence electrons. The zero-order chi connectivity index (χ0) is 13.3. The van der Waals surface area contributed by atoms with Crippen molar-refractivity contribution >= 4 is 22.8 Å². The first kappa shape index (κ1) is 12.6. The molecule has 1 aromatic rings. The minimum absolute atomic E-state index is 0.142. The van der Waals surface area contributed by atoms with Crippen LogP contribution in [0.3, 0.4) is 0 Å². The summed E-state index contributed by atoms with van der Waals surface area (Å²) in [5, 5.41) is 0. The van der Waals surface area contributed by atoms with Crippen molar-refractivity contribution < 1.29 is 5.99 Å². The Morgan fingerprint density at radius 1 is 1.26 bits per heavy atom. The molecule has 19 heavy (non-hydrogen) atoms. The molecule has 1 heterocycles. The third-order valence-corrected chi connectivity index (χ3v) is 13.0. The van der Waals surface area contributed by atoms with Gasteiger partial charge in [-0.1, -0.05) is 0 Å². The molecule has 2 saturated carbocycles. The van der Waals surface area contributed by atoms with Crippen molar-refractivity contribution in [2.75, 3.05) is 0 Å². The summed E-state index contributed by atoms with van der Waals surface area (Å²) in [4.78, 5) is 0. The van der Waals surface area contributed by atoms with Gasteiger partial charge in [0.25, 0.3) is 0 Å². The Labute approximate surface area is 119 Å². The van der Waals surface area contributed by atoms with E-state index < -0.39 is 19.2 Å². The normalized spacial score (nSPS) is 49.8. The van der Waals surface area contributed by atoms with E-state index in [1.54, 1.807) is 0 Å². The Bertz CT molecular complexity index is 517. The van der Waals surface area contributed by atoms with E-state index in [0.717, 1.165) is 20.4 Å². The summed E-state index contributed by atoms with van der Waals surface area (Å²) < 4.78 is 23.3. The van der Waals surface area contributed by atoms with Gasteiger partial charge >= 0.3 is 120 Å². The second-order valence-corrected chi connectivity index (χ2v) is 13.1. The van der Waals surface area contributed by atoms with Crippen LogP contribution in [-0.4, -0.2) is 25.3 Å². The van der Waals surface area contributed by atoms with Gasteiger partial charge in [0.05, 0.1) is 0 Å². The maximum absolute atomic E-state index is 15.5. The van der Waals surface area contributed by atoms with E-state index in [2.05, 4.69) is 13.8 Å². The quantitative estimate of drug-likeness (QED) is 0.682.